The highest BCUT2D eigenvalue weighted by Crippen LogP contribution is 2.38. The average molecular weight is 413 g/mol. The largest absolute Gasteiger partial charge is 0.355 e. The highest BCUT2D eigenvalue weighted by Gasteiger charge is 2.42. The minimum atomic E-state index is 0.00649. The van der Waals surface area contributed by atoms with Crippen molar-refractivity contribution in [2.24, 2.45) is 18.9 Å². The monoisotopic (exact) mass is 412 g/mol. The first-order valence-electron chi connectivity index (χ1n) is 9.48. The Morgan fingerprint density at radius 2 is 2.07 bits per heavy atom. The van der Waals surface area contributed by atoms with Gasteiger partial charge in [0.05, 0.1) is 22.3 Å². The van der Waals surface area contributed by atoms with Gasteiger partial charge in [-0.2, -0.15) is 15.1 Å². The van der Waals surface area contributed by atoms with Crippen molar-refractivity contribution in [2.45, 2.75) is 0 Å². The molecule has 0 spiro atoms. The molecule has 29 heavy (non-hydrogen) atoms. The van der Waals surface area contributed by atoms with E-state index in [1.165, 1.54) is 6.08 Å². The second kappa shape index (κ2) is 6.77. The smallest absolute Gasteiger partial charge is 0.245 e. The van der Waals surface area contributed by atoms with E-state index in [1.54, 1.807) is 17.1 Å². The maximum Gasteiger partial charge on any atom is 0.245 e. The molecular weight excluding hydrogens is 392 g/mol. The topological polar surface area (TPSA) is 95.0 Å². The molecule has 2 saturated heterocycles. The van der Waals surface area contributed by atoms with E-state index in [1.807, 2.05) is 18.1 Å². The van der Waals surface area contributed by atoms with E-state index in [0.29, 0.717) is 28.5 Å². The summed E-state index contributed by atoms with van der Waals surface area (Å²) < 4.78 is 1.71. The molecule has 2 aliphatic heterocycles. The average Bonchev–Trinajstić information content (AvgIpc) is 3.45. The number of H-pyrrole nitrogens is 1. The fraction of sp³-hybridized carbons (Fsp3) is 0.368. The van der Waals surface area contributed by atoms with Crippen LogP contribution in [0.3, 0.4) is 0 Å². The van der Waals surface area contributed by atoms with Crippen LogP contribution >= 0.6 is 11.6 Å². The number of carbonyl (C=O) groups excluding carboxylic acids is 1. The number of nitrogens with one attached hydrogen (secondary N) is 2. The summed E-state index contributed by atoms with van der Waals surface area (Å²) in [7, 11) is 1.86. The first kappa shape index (κ1) is 18.0. The normalized spacial score (nSPS) is 21.0. The van der Waals surface area contributed by atoms with Gasteiger partial charge in [0.15, 0.2) is 0 Å². The zero-order valence-electron chi connectivity index (χ0n) is 16.0. The van der Waals surface area contributed by atoms with Gasteiger partial charge < -0.3 is 20.1 Å². The van der Waals surface area contributed by atoms with Crippen LogP contribution in [0.5, 0.6) is 0 Å². The lowest BCUT2D eigenvalue weighted by Gasteiger charge is -2.23. The number of rotatable bonds is 4. The SMILES string of the molecule is C=CC(=O)N1C[C@@H]2CN(c3nc(Nc4cnn(C)c4)nc4[nH]cc(Cl)c34)C[C@@H]2C1. The van der Waals surface area contributed by atoms with Gasteiger partial charge in [0.25, 0.3) is 0 Å². The van der Waals surface area contributed by atoms with Crippen LogP contribution in [-0.2, 0) is 11.8 Å². The number of carbonyl (C=O) groups is 1. The summed E-state index contributed by atoms with van der Waals surface area (Å²) in [6.07, 6.45) is 6.71. The molecule has 1 amide bonds. The van der Waals surface area contributed by atoms with E-state index >= 15 is 0 Å². The van der Waals surface area contributed by atoms with E-state index in [-0.39, 0.29) is 5.91 Å². The van der Waals surface area contributed by atoms with E-state index in [0.717, 1.165) is 43.1 Å². The third-order valence-electron chi connectivity index (χ3n) is 5.70. The molecule has 2 N–H and O–H groups in total. The van der Waals surface area contributed by atoms with Crippen molar-refractivity contribution < 1.29 is 4.79 Å². The predicted molar refractivity (Wildman–Crippen MR) is 111 cm³/mol. The molecule has 0 radical (unpaired) electrons. The molecule has 2 atom stereocenters. The molecule has 9 nitrogen and oxygen atoms in total. The van der Waals surface area contributed by atoms with Crippen molar-refractivity contribution in [3.05, 3.63) is 36.3 Å². The van der Waals surface area contributed by atoms with Crippen molar-refractivity contribution in [1.82, 2.24) is 29.6 Å². The van der Waals surface area contributed by atoms with Crippen molar-refractivity contribution in [3.63, 3.8) is 0 Å². The maximum absolute atomic E-state index is 11.9. The number of hydrogen-bond donors (Lipinski definition) is 2. The molecule has 0 unspecified atom stereocenters. The first-order chi connectivity index (χ1) is 14.0. The second-order valence-corrected chi connectivity index (χ2v) is 8.04. The molecule has 2 aliphatic rings. The summed E-state index contributed by atoms with van der Waals surface area (Å²) in [5.41, 5.74) is 1.50. The van der Waals surface area contributed by atoms with Crippen LogP contribution in [-0.4, -0.2) is 61.7 Å². The molecule has 0 bridgehead atoms. The predicted octanol–water partition coefficient (Wildman–Crippen LogP) is 2.17. The Hall–Kier alpha value is -3.07. The molecule has 0 aromatic carbocycles. The number of aryl methyl sites for hydroxylation is 1. The number of anilines is 3. The van der Waals surface area contributed by atoms with Crippen LogP contribution in [0.15, 0.2) is 31.2 Å². The highest BCUT2D eigenvalue weighted by molar-refractivity contribution is 6.36. The number of aromatic amines is 1. The minimum absolute atomic E-state index is 0.00649. The molecule has 3 aromatic heterocycles. The number of nitrogens with zero attached hydrogens (tertiary/aromatic N) is 6. The van der Waals surface area contributed by atoms with Gasteiger partial charge in [-0.25, -0.2) is 0 Å². The summed E-state index contributed by atoms with van der Waals surface area (Å²) in [6, 6.07) is 0. The van der Waals surface area contributed by atoms with Gasteiger partial charge >= 0.3 is 0 Å². The molecule has 150 valence electrons. The third kappa shape index (κ3) is 3.11. The number of hydrogen-bond acceptors (Lipinski definition) is 6. The van der Waals surface area contributed by atoms with E-state index in [4.69, 9.17) is 16.6 Å². The van der Waals surface area contributed by atoms with Gasteiger partial charge in [-0.3, -0.25) is 9.48 Å². The van der Waals surface area contributed by atoms with Crippen LogP contribution in [0.1, 0.15) is 0 Å². The van der Waals surface area contributed by atoms with Gasteiger partial charge in [0.1, 0.15) is 11.5 Å². The third-order valence-corrected chi connectivity index (χ3v) is 6.00. The summed E-state index contributed by atoms with van der Waals surface area (Å²) in [6.45, 7) is 6.75. The van der Waals surface area contributed by atoms with E-state index < -0.39 is 0 Å². The number of halogens is 1. The Kier molecular flexibility index (Phi) is 4.20. The Balaban J connectivity index is 1.45. The van der Waals surface area contributed by atoms with Crippen LogP contribution in [0, 0.1) is 11.8 Å². The molecule has 2 fully saturated rings. The van der Waals surface area contributed by atoms with Crippen LogP contribution < -0.4 is 10.2 Å². The van der Waals surface area contributed by atoms with Gasteiger partial charge in [-0.05, 0) is 6.08 Å². The molecule has 5 rings (SSSR count). The first-order valence-corrected chi connectivity index (χ1v) is 9.86. The zero-order valence-corrected chi connectivity index (χ0v) is 16.7. The lowest BCUT2D eigenvalue weighted by Crippen LogP contribution is -2.32. The Labute approximate surface area is 172 Å². The zero-order chi connectivity index (χ0) is 20.1. The van der Waals surface area contributed by atoms with Gasteiger partial charge in [-0.15, -0.1) is 0 Å². The van der Waals surface area contributed by atoms with Crippen molar-refractivity contribution in [3.8, 4) is 0 Å². The number of fused-ring (bicyclic) bond motifs is 2. The number of amides is 1. The minimum Gasteiger partial charge on any atom is -0.355 e. The highest BCUT2D eigenvalue weighted by atomic mass is 35.5. The molecule has 0 saturated carbocycles. The number of likely N-dealkylation sites (tertiary alicyclic amines) is 1. The fourth-order valence-electron chi connectivity index (χ4n) is 4.35. The summed E-state index contributed by atoms with van der Waals surface area (Å²) >= 11 is 6.44. The summed E-state index contributed by atoms with van der Waals surface area (Å²) in [5, 5.41) is 8.80. The van der Waals surface area contributed by atoms with Crippen LogP contribution in [0.25, 0.3) is 11.0 Å². The molecular formula is C19H21ClN8O. The van der Waals surface area contributed by atoms with Crippen molar-refractivity contribution >= 4 is 46.0 Å². The Morgan fingerprint density at radius 3 is 2.72 bits per heavy atom. The fourth-order valence-corrected chi connectivity index (χ4v) is 4.58. The Bertz CT molecular complexity index is 1090. The molecule has 5 heterocycles. The van der Waals surface area contributed by atoms with Crippen molar-refractivity contribution in [2.75, 3.05) is 36.4 Å². The Morgan fingerprint density at radius 1 is 1.31 bits per heavy atom. The lowest BCUT2D eigenvalue weighted by molar-refractivity contribution is -0.125. The summed E-state index contributed by atoms with van der Waals surface area (Å²) in [4.78, 5) is 28.5. The molecule has 10 heteroatoms. The van der Waals surface area contributed by atoms with Crippen LogP contribution in [0.4, 0.5) is 17.5 Å². The van der Waals surface area contributed by atoms with Gasteiger partial charge in [0, 0.05) is 57.5 Å². The van der Waals surface area contributed by atoms with Gasteiger partial charge in [-0.1, -0.05) is 18.2 Å². The summed E-state index contributed by atoms with van der Waals surface area (Å²) in [5.74, 6) is 2.13. The number of aromatic nitrogens is 5. The quantitative estimate of drug-likeness (QED) is 0.638. The molecule has 0 aliphatic carbocycles. The standard InChI is InChI=1S/C19H21ClN8O/c1-3-15(29)27-6-11-8-28(9-12(11)7-27)18-16-14(20)5-21-17(16)24-19(25-18)23-13-4-22-26(2)10-13/h3-5,10-12H,1,6-9H2,2H3,(H2,21,23,24,25)/t11-,12+. The maximum atomic E-state index is 11.9. The van der Waals surface area contributed by atoms with Crippen LogP contribution in [0.2, 0.25) is 5.02 Å². The van der Waals surface area contributed by atoms with Gasteiger partial charge in [0.2, 0.25) is 11.9 Å². The van der Waals surface area contributed by atoms with Crippen molar-refractivity contribution in [1.29, 1.82) is 0 Å². The molecule has 3 aromatic rings. The second-order valence-electron chi connectivity index (χ2n) is 7.63. The van der Waals surface area contributed by atoms with E-state index in [2.05, 4.69) is 31.9 Å². The lowest BCUT2D eigenvalue weighted by atomic mass is 10.0. The van der Waals surface area contributed by atoms with E-state index in [9.17, 15) is 4.79 Å².